The highest BCUT2D eigenvalue weighted by Gasteiger charge is 2.34. The molecule has 4 aromatic rings. The highest BCUT2D eigenvalue weighted by Crippen LogP contribution is 2.38. The van der Waals surface area contributed by atoms with Crippen molar-refractivity contribution in [1.29, 1.82) is 0 Å². The maximum Gasteiger partial charge on any atom is 0.258 e. The van der Waals surface area contributed by atoms with Gasteiger partial charge in [0.05, 0.1) is 18.7 Å². The van der Waals surface area contributed by atoms with Crippen LogP contribution >= 0.6 is 12.2 Å². The largest absolute Gasteiger partial charge is 0.497 e. The predicted molar refractivity (Wildman–Crippen MR) is 145 cm³/mol. The average molecular weight is 497 g/mol. The normalized spacial score (nSPS) is 15.7. The first-order valence-corrected chi connectivity index (χ1v) is 12.2. The molecule has 36 heavy (non-hydrogen) atoms. The highest BCUT2D eigenvalue weighted by molar-refractivity contribution is 7.80. The molecular weight excluding hydrogens is 468 g/mol. The molecule has 0 saturated carbocycles. The Morgan fingerprint density at radius 3 is 2.19 bits per heavy atom. The molecule has 1 unspecified atom stereocenters. The first-order chi connectivity index (χ1) is 17.4. The fourth-order valence-electron chi connectivity index (χ4n) is 4.32. The van der Waals surface area contributed by atoms with Gasteiger partial charge in [-0.25, -0.2) is 0 Å². The minimum absolute atomic E-state index is 0.246. The lowest BCUT2D eigenvalue weighted by atomic mass is 9.94. The molecule has 0 radical (unpaired) electrons. The van der Waals surface area contributed by atoms with Gasteiger partial charge in [-0.15, -0.1) is 0 Å². The average Bonchev–Trinajstić information content (AvgIpc) is 3.37. The fourth-order valence-corrected chi connectivity index (χ4v) is 4.64. The van der Waals surface area contributed by atoms with Crippen molar-refractivity contribution in [2.24, 2.45) is 0 Å². The van der Waals surface area contributed by atoms with Crippen molar-refractivity contribution in [3.63, 3.8) is 0 Å². The topological polar surface area (TPSA) is 63.4 Å². The summed E-state index contributed by atoms with van der Waals surface area (Å²) in [6.45, 7) is 6.83. The first kappa shape index (κ1) is 23.8. The smallest absolute Gasteiger partial charge is 0.258 e. The van der Waals surface area contributed by atoms with Gasteiger partial charge in [-0.2, -0.15) is 4.98 Å². The van der Waals surface area contributed by atoms with Crippen LogP contribution < -0.4 is 10.1 Å². The highest BCUT2D eigenvalue weighted by atomic mass is 32.1. The van der Waals surface area contributed by atoms with Gasteiger partial charge in [0, 0.05) is 17.8 Å². The Balaban J connectivity index is 1.58. The van der Waals surface area contributed by atoms with E-state index in [2.05, 4.69) is 60.4 Å². The van der Waals surface area contributed by atoms with Crippen molar-refractivity contribution in [1.82, 2.24) is 20.4 Å². The number of nitrogens with zero attached hydrogens (tertiary/aromatic N) is 3. The Bertz CT molecular complexity index is 1410. The summed E-state index contributed by atoms with van der Waals surface area (Å²) in [4.78, 5) is 6.89. The summed E-state index contributed by atoms with van der Waals surface area (Å²) in [6, 6.07) is 24.3. The molecule has 0 fully saturated rings. The van der Waals surface area contributed by atoms with Gasteiger partial charge in [0.1, 0.15) is 5.75 Å². The van der Waals surface area contributed by atoms with Gasteiger partial charge in [-0.3, -0.25) is 0 Å². The SMILES string of the molecule is COc1ccc(C2NC(=S)N(Cc3ccc(C)cc3)C(C)=C2c2nc(-c3ccc(C)cc3)no2)cc1. The maximum absolute atomic E-state index is 5.85. The van der Waals surface area contributed by atoms with Crippen LogP contribution in [-0.4, -0.2) is 27.3 Å². The molecule has 0 spiro atoms. The van der Waals surface area contributed by atoms with Gasteiger partial charge in [0.2, 0.25) is 5.82 Å². The van der Waals surface area contributed by atoms with E-state index in [9.17, 15) is 0 Å². The van der Waals surface area contributed by atoms with E-state index in [0.717, 1.165) is 33.7 Å². The molecule has 5 rings (SSSR count). The van der Waals surface area contributed by atoms with Crippen molar-refractivity contribution < 1.29 is 9.26 Å². The summed E-state index contributed by atoms with van der Waals surface area (Å²) in [5, 5.41) is 8.47. The summed E-state index contributed by atoms with van der Waals surface area (Å²) in [5.41, 5.74) is 7.36. The van der Waals surface area contributed by atoms with Crippen molar-refractivity contribution in [2.75, 3.05) is 7.11 Å². The van der Waals surface area contributed by atoms with Gasteiger partial charge in [-0.05, 0) is 56.2 Å². The molecule has 0 aliphatic carbocycles. The van der Waals surface area contributed by atoms with Crippen LogP contribution in [0.25, 0.3) is 17.0 Å². The lowest BCUT2D eigenvalue weighted by molar-refractivity contribution is 0.396. The quantitative estimate of drug-likeness (QED) is 0.318. The number of hydrogen-bond donors (Lipinski definition) is 1. The van der Waals surface area contributed by atoms with Crippen LogP contribution in [0.4, 0.5) is 0 Å². The molecule has 182 valence electrons. The molecule has 0 bridgehead atoms. The summed E-state index contributed by atoms with van der Waals surface area (Å²) in [7, 11) is 1.66. The van der Waals surface area contributed by atoms with Crippen LogP contribution in [0.15, 0.2) is 83.0 Å². The monoisotopic (exact) mass is 496 g/mol. The van der Waals surface area contributed by atoms with Gasteiger partial charge in [0.25, 0.3) is 5.89 Å². The van der Waals surface area contributed by atoms with Crippen molar-refractivity contribution in [3.05, 3.63) is 107 Å². The van der Waals surface area contributed by atoms with E-state index in [4.69, 9.17) is 26.5 Å². The molecule has 0 amide bonds. The number of aryl methyl sites for hydroxylation is 2. The van der Waals surface area contributed by atoms with Crippen LogP contribution in [0.2, 0.25) is 0 Å². The van der Waals surface area contributed by atoms with E-state index < -0.39 is 0 Å². The fraction of sp³-hybridized carbons (Fsp3) is 0.207. The van der Waals surface area contributed by atoms with E-state index >= 15 is 0 Å². The van der Waals surface area contributed by atoms with Gasteiger partial charge < -0.3 is 19.5 Å². The number of allylic oxidation sites excluding steroid dienone is 1. The lowest BCUT2D eigenvalue weighted by Gasteiger charge is -2.37. The van der Waals surface area contributed by atoms with E-state index in [-0.39, 0.29) is 6.04 Å². The zero-order valence-electron chi connectivity index (χ0n) is 20.8. The standard InChI is InChI=1S/C29H28N4O2S/c1-18-5-9-21(10-6-18)17-33-20(3)25(26(30-29(33)36)22-13-15-24(34-4)16-14-22)28-31-27(32-35-28)23-11-7-19(2)8-12-23/h5-16,26H,17H2,1-4H3,(H,30,36). The summed E-state index contributed by atoms with van der Waals surface area (Å²) < 4.78 is 11.2. The molecule has 0 saturated heterocycles. The molecule has 6 nitrogen and oxygen atoms in total. The van der Waals surface area contributed by atoms with Crippen molar-refractivity contribution >= 4 is 22.9 Å². The Hall–Kier alpha value is -3.97. The number of ether oxygens (including phenoxy) is 1. The van der Waals surface area contributed by atoms with Crippen molar-refractivity contribution in [2.45, 2.75) is 33.4 Å². The molecule has 1 aliphatic heterocycles. The number of rotatable bonds is 6. The summed E-state index contributed by atoms with van der Waals surface area (Å²) in [6.07, 6.45) is 0. The number of nitrogens with one attached hydrogen (secondary N) is 1. The number of thiocarbonyl (C=S) groups is 1. The number of aromatic nitrogens is 2. The Kier molecular flexibility index (Phi) is 6.57. The number of methoxy groups -OCH3 is 1. The van der Waals surface area contributed by atoms with Crippen LogP contribution in [-0.2, 0) is 6.54 Å². The molecule has 1 N–H and O–H groups in total. The van der Waals surface area contributed by atoms with Crippen LogP contribution in [0.1, 0.15) is 41.1 Å². The second-order valence-corrected chi connectivity index (χ2v) is 9.40. The Labute approximate surface area is 216 Å². The van der Waals surface area contributed by atoms with E-state index in [1.807, 2.05) is 48.5 Å². The predicted octanol–water partition coefficient (Wildman–Crippen LogP) is 6.22. The maximum atomic E-state index is 5.85. The van der Waals surface area contributed by atoms with E-state index in [1.54, 1.807) is 7.11 Å². The van der Waals surface area contributed by atoms with Crippen LogP contribution in [0, 0.1) is 13.8 Å². The zero-order chi connectivity index (χ0) is 25.2. The van der Waals surface area contributed by atoms with Crippen LogP contribution in [0.3, 0.4) is 0 Å². The third-order valence-corrected chi connectivity index (χ3v) is 6.81. The van der Waals surface area contributed by atoms with Gasteiger partial charge in [-0.1, -0.05) is 76.9 Å². The summed E-state index contributed by atoms with van der Waals surface area (Å²) >= 11 is 5.84. The summed E-state index contributed by atoms with van der Waals surface area (Å²) in [5.74, 6) is 1.81. The third kappa shape index (κ3) is 4.75. The van der Waals surface area contributed by atoms with E-state index in [0.29, 0.717) is 23.4 Å². The molecular formula is C29H28N4O2S. The molecule has 2 heterocycles. The second-order valence-electron chi connectivity index (χ2n) is 9.02. The molecule has 1 aromatic heterocycles. The minimum atomic E-state index is -0.246. The molecule has 3 aromatic carbocycles. The minimum Gasteiger partial charge on any atom is -0.497 e. The third-order valence-electron chi connectivity index (χ3n) is 6.47. The number of hydrogen-bond acceptors (Lipinski definition) is 5. The van der Waals surface area contributed by atoms with Crippen molar-refractivity contribution in [3.8, 4) is 17.1 Å². The molecule has 1 aliphatic rings. The van der Waals surface area contributed by atoms with E-state index in [1.165, 1.54) is 11.1 Å². The Morgan fingerprint density at radius 1 is 0.917 bits per heavy atom. The number of benzene rings is 3. The Morgan fingerprint density at radius 2 is 1.56 bits per heavy atom. The van der Waals surface area contributed by atoms with Crippen LogP contribution in [0.5, 0.6) is 5.75 Å². The first-order valence-electron chi connectivity index (χ1n) is 11.8. The van der Waals surface area contributed by atoms with Gasteiger partial charge >= 0.3 is 0 Å². The zero-order valence-corrected chi connectivity index (χ0v) is 21.6. The van der Waals surface area contributed by atoms with Gasteiger partial charge in [0.15, 0.2) is 5.11 Å². The second kappa shape index (κ2) is 9.95. The lowest BCUT2D eigenvalue weighted by Crippen LogP contribution is -2.45. The molecule has 1 atom stereocenters. The molecule has 7 heteroatoms.